The van der Waals surface area contributed by atoms with E-state index in [4.69, 9.17) is 9.47 Å². The van der Waals surface area contributed by atoms with E-state index in [1.165, 1.54) is 0 Å². The molecule has 0 bridgehead atoms. The molecule has 1 unspecified atom stereocenters. The predicted octanol–water partition coefficient (Wildman–Crippen LogP) is 6.20. The number of aliphatic carboxylic acids is 1. The molecule has 1 atom stereocenters. The number of rotatable bonds is 18. The molecule has 2 aliphatic heterocycles. The summed E-state index contributed by atoms with van der Waals surface area (Å²) in [6.07, 6.45) is 7.64. The second-order valence-electron chi connectivity index (χ2n) is 13.5. The van der Waals surface area contributed by atoms with Crippen molar-refractivity contribution in [2.45, 2.75) is 24.7 Å². The van der Waals surface area contributed by atoms with Crippen LogP contribution in [0.2, 0.25) is 0 Å². The van der Waals surface area contributed by atoms with E-state index >= 15 is 0 Å². The van der Waals surface area contributed by atoms with Gasteiger partial charge in [0.25, 0.3) is 18.8 Å². The fourth-order valence-electron chi connectivity index (χ4n) is 8.27. The number of anilines is 1. The first-order valence-corrected chi connectivity index (χ1v) is 18.4. The molecular formula is C45H42N5O6+. The molecule has 2 heterocycles. The Kier molecular flexibility index (Phi) is 12.4. The van der Waals surface area contributed by atoms with Gasteiger partial charge in [0.1, 0.15) is 57.1 Å². The molecule has 1 N–H and O–H groups in total. The van der Waals surface area contributed by atoms with Crippen LogP contribution in [-0.4, -0.2) is 85.3 Å². The number of carboxylic acids is 1. The average molecular weight is 749 g/mol. The quantitative estimate of drug-likeness (QED) is 0.0237. The number of carboxylic acid groups (broad SMARTS) is 1. The van der Waals surface area contributed by atoms with Gasteiger partial charge in [-0.05, 0) is 52.3 Å². The van der Waals surface area contributed by atoms with Gasteiger partial charge in [-0.2, -0.15) is 10.5 Å². The minimum atomic E-state index is -0.962. The summed E-state index contributed by atoms with van der Waals surface area (Å²) in [5, 5.41) is 35.6. The Balaban J connectivity index is 1.60. The van der Waals surface area contributed by atoms with E-state index in [1.54, 1.807) is 18.2 Å². The van der Waals surface area contributed by atoms with Crippen LogP contribution in [0.4, 0.5) is 5.69 Å². The molecule has 0 saturated heterocycles. The summed E-state index contributed by atoms with van der Waals surface area (Å²) < 4.78 is 11.8. The van der Waals surface area contributed by atoms with E-state index in [2.05, 4.69) is 55.1 Å². The van der Waals surface area contributed by atoms with Crippen LogP contribution in [0.1, 0.15) is 24.0 Å². The van der Waals surface area contributed by atoms with Crippen molar-refractivity contribution < 1.29 is 33.5 Å². The molecule has 2 aliphatic rings. The van der Waals surface area contributed by atoms with E-state index < -0.39 is 11.4 Å². The second kappa shape index (κ2) is 17.9. The lowest BCUT2D eigenvalue weighted by Gasteiger charge is -2.34. The van der Waals surface area contributed by atoms with Gasteiger partial charge in [-0.3, -0.25) is 23.9 Å². The van der Waals surface area contributed by atoms with Gasteiger partial charge in [0.15, 0.2) is 0 Å². The van der Waals surface area contributed by atoms with E-state index in [0.29, 0.717) is 74.6 Å². The van der Waals surface area contributed by atoms with Crippen LogP contribution in [0.5, 0.6) is 0 Å². The van der Waals surface area contributed by atoms with E-state index in [9.17, 15) is 30.0 Å². The second-order valence-corrected chi connectivity index (χ2v) is 13.5. The maximum absolute atomic E-state index is 12.3. The maximum atomic E-state index is 12.3. The van der Waals surface area contributed by atoms with Crippen molar-refractivity contribution in [3.63, 3.8) is 0 Å². The molecule has 0 amide bonds. The lowest BCUT2D eigenvalue weighted by Crippen LogP contribution is -2.35. The smallest absolute Gasteiger partial charge is 0.305 e. The SMILES string of the molecule is C=CCC1(Cc2ccccc2)C(=C(C#N)C=CC=C(C#N)C2=[N+](CCOC=O)CCN2CCOC=O)N(CCC(=O)O)c2c1c1ccccc1c1ccccc21. The highest BCUT2D eigenvalue weighted by atomic mass is 16.5. The summed E-state index contributed by atoms with van der Waals surface area (Å²) in [7, 11) is 0. The van der Waals surface area contributed by atoms with Gasteiger partial charge in [0.2, 0.25) is 0 Å². The highest BCUT2D eigenvalue weighted by molar-refractivity contribution is 6.17. The van der Waals surface area contributed by atoms with Crippen molar-refractivity contribution in [1.82, 2.24) is 4.90 Å². The average Bonchev–Trinajstić information content (AvgIpc) is 3.74. The van der Waals surface area contributed by atoms with Gasteiger partial charge in [-0.25, -0.2) is 0 Å². The number of benzene rings is 4. The Bertz CT molecular complexity index is 2370. The number of ether oxygens (including phenoxy) is 2. The van der Waals surface area contributed by atoms with Crippen LogP contribution in [0.15, 0.2) is 127 Å². The number of fused-ring (bicyclic) bond motifs is 6. The number of hydrogen-bond donors (Lipinski definition) is 1. The molecule has 282 valence electrons. The molecule has 6 rings (SSSR count). The van der Waals surface area contributed by atoms with Crippen molar-refractivity contribution in [3.05, 3.63) is 138 Å². The Morgan fingerprint density at radius 1 is 0.893 bits per heavy atom. The summed E-state index contributed by atoms with van der Waals surface area (Å²) in [6, 6.07) is 31.1. The molecule has 0 radical (unpaired) electrons. The predicted molar refractivity (Wildman–Crippen MR) is 214 cm³/mol. The van der Waals surface area contributed by atoms with Crippen LogP contribution >= 0.6 is 0 Å². The van der Waals surface area contributed by atoms with Crippen molar-refractivity contribution in [2.24, 2.45) is 0 Å². The number of nitriles is 2. The van der Waals surface area contributed by atoms with Crippen LogP contribution in [0, 0.1) is 22.7 Å². The molecule has 11 nitrogen and oxygen atoms in total. The number of carbonyl (C=O) groups is 3. The zero-order valence-electron chi connectivity index (χ0n) is 31.0. The topological polar surface area (TPSA) is 147 Å². The minimum absolute atomic E-state index is 0.111. The Morgan fingerprint density at radius 2 is 1.55 bits per heavy atom. The number of hydrogen-bond acceptors (Lipinski definition) is 9. The maximum Gasteiger partial charge on any atom is 0.305 e. The lowest BCUT2D eigenvalue weighted by molar-refractivity contribution is -0.519. The minimum Gasteiger partial charge on any atom is -0.481 e. The third kappa shape index (κ3) is 7.66. The zero-order chi connectivity index (χ0) is 39.5. The summed E-state index contributed by atoms with van der Waals surface area (Å²) in [5.41, 5.74) is 3.35. The van der Waals surface area contributed by atoms with Crippen molar-refractivity contribution in [2.75, 3.05) is 50.8 Å². The van der Waals surface area contributed by atoms with E-state index in [0.717, 1.165) is 38.4 Å². The van der Waals surface area contributed by atoms with Gasteiger partial charge in [-0.15, -0.1) is 6.58 Å². The van der Waals surface area contributed by atoms with Gasteiger partial charge in [0, 0.05) is 23.0 Å². The summed E-state index contributed by atoms with van der Waals surface area (Å²) in [5.74, 6) is -0.373. The summed E-state index contributed by atoms with van der Waals surface area (Å²) in [4.78, 5) is 38.0. The van der Waals surface area contributed by atoms with Crippen LogP contribution < -0.4 is 4.90 Å². The number of allylic oxidation sites excluding steroid dienone is 6. The Morgan fingerprint density at radius 3 is 2.21 bits per heavy atom. The van der Waals surface area contributed by atoms with Crippen LogP contribution in [0.25, 0.3) is 21.5 Å². The van der Waals surface area contributed by atoms with Crippen molar-refractivity contribution in [1.29, 1.82) is 10.5 Å². The largest absolute Gasteiger partial charge is 0.481 e. The van der Waals surface area contributed by atoms with Crippen molar-refractivity contribution >= 4 is 52.0 Å². The molecule has 0 spiro atoms. The number of carbonyl (C=O) groups excluding carboxylic acids is 2. The number of nitrogens with zero attached hydrogens (tertiary/aromatic N) is 5. The standard InChI is InChI=1S/C45H41N5O6/c1-2-20-45(28-33-11-4-3-5-12-33)41-38-17-8-6-15-36(38)37-16-7-9-18-39(37)42(41)50(21-19-40(53)54)43(45)34(29-46)13-10-14-35(30-47)44-48(24-26-55-31-51)22-23-49(44)25-27-56-32-52/h2-18,31-32H,1,19-28H2/p+1. The Labute approximate surface area is 325 Å². The fourth-order valence-corrected chi connectivity index (χ4v) is 8.27. The molecule has 4 aromatic carbocycles. The van der Waals surface area contributed by atoms with Crippen LogP contribution in [0.3, 0.4) is 0 Å². The zero-order valence-corrected chi connectivity index (χ0v) is 31.0. The van der Waals surface area contributed by atoms with Crippen molar-refractivity contribution in [3.8, 4) is 12.1 Å². The molecule has 0 fully saturated rings. The van der Waals surface area contributed by atoms with Gasteiger partial charge in [0.05, 0.1) is 17.7 Å². The van der Waals surface area contributed by atoms with E-state index in [-0.39, 0.29) is 26.2 Å². The monoisotopic (exact) mass is 748 g/mol. The Hall–Kier alpha value is -6.98. The fraction of sp³-hybridized carbons (Fsp3) is 0.244. The van der Waals surface area contributed by atoms with E-state index in [1.807, 2.05) is 62.9 Å². The first kappa shape index (κ1) is 38.7. The third-order valence-electron chi connectivity index (χ3n) is 10.4. The van der Waals surface area contributed by atoms with Gasteiger partial charge in [-0.1, -0.05) is 91.0 Å². The molecule has 0 saturated carbocycles. The van der Waals surface area contributed by atoms with Gasteiger partial charge < -0.3 is 19.5 Å². The summed E-state index contributed by atoms with van der Waals surface area (Å²) >= 11 is 0. The van der Waals surface area contributed by atoms with Crippen LogP contribution in [-0.2, 0) is 35.7 Å². The highest BCUT2D eigenvalue weighted by Crippen LogP contribution is 2.58. The molecule has 4 aromatic rings. The lowest BCUT2D eigenvalue weighted by atomic mass is 9.69. The molecular weight excluding hydrogens is 707 g/mol. The molecule has 11 heteroatoms. The highest BCUT2D eigenvalue weighted by Gasteiger charge is 2.50. The number of amidine groups is 1. The first-order valence-electron chi connectivity index (χ1n) is 18.4. The first-order chi connectivity index (χ1) is 27.4. The summed E-state index contributed by atoms with van der Waals surface area (Å²) in [6.45, 7) is 7.10. The molecule has 0 aliphatic carbocycles. The molecule has 0 aromatic heterocycles. The normalized spacial score (nSPS) is 17.5. The van der Waals surface area contributed by atoms with Gasteiger partial charge >= 0.3 is 5.97 Å². The third-order valence-corrected chi connectivity index (χ3v) is 10.4. The molecule has 56 heavy (non-hydrogen) atoms.